The zero-order valence-corrected chi connectivity index (χ0v) is 25.3. The van der Waals surface area contributed by atoms with Crippen LogP contribution in [0.3, 0.4) is 0 Å². The van der Waals surface area contributed by atoms with Crippen LogP contribution in [-0.2, 0) is 52.4 Å². The van der Waals surface area contributed by atoms with E-state index < -0.39 is 53.9 Å². The molecule has 2 fully saturated rings. The van der Waals surface area contributed by atoms with Gasteiger partial charge >= 0.3 is 29.8 Å². The van der Waals surface area contributed by atoms with E-state index in [2.05, 4.69) is 19.9 Å². The van der Waals surface area contributed by atoms with Crippen LogP contribution in [0.1, 0.15) is 80.1 Å². The molecule has 0 aromatic rings. The lowest BCUT2D eigenvalue weighted by molar-refractivity contribution is -0.279. The highest BCUT2D eigenvalue weighted by Gasteiger charge is 2.61. The zero-order valence-electron chi connectivity index (χ0n) is 25.3. The van der Waals surface area contributed by atoms with Gasteiger partial charge in [-0.3, -0.25) is 19.2 Å². The third-order valence-corrected chi connectivity index (χ3v) is 9.70. The van der Waals surface area contributed by atoms with E-state index in [4.69, 9.17) is 28.4 Å². The van der Waals surface area contributed by atoms with Crippen LogP contribution in [0.2, 0.25) is 0 Å². The van der Waals surface area contributed by atoms with Gasteiger partial charge in [0.05, 0.1) is 12.0 Å². The van der Waals surface area contributed by atoms with Crippen molar-refractivity contribution in [3.63, 3.8) is 0 Å². The van der Waals surface area contributed by atoms with Gasteiger partial charge in [-0.05, 0) is 68.3 Å². The summed E-state index contributed by atoms with van der Waals surface area (Å²) in [7, 11) is 0. The average molecular weight is 591 g/mol. The average Bonchev–Trinajstić information content (AvgIpc) is 3.33. The predicted octanol–water partition coefficient (Wildman–Crippen LogP) is 3.72. The third kappa shape index (κ3) is 6.26. The summed E-state index contributed by atoms with van der Waals surface area (Å²) < 4.78 is 33.2. The van der Waals surface area contributed by atoms with Crippen LogP contribution in [0.15, 0.2) is 23.3 Å². The van der Waals surface area contributed by atoms with E-state index in [-0.39, 0.29) is 23.9 Å². The summed E-state index contributed by atoms with van der Waals surface area (Å²) in [6.07, 6.45) is 3.05. The van der Waals surface area contributed by atoms with Gasteiger partial charge in [-0.1, -0.05) is 25.5 Å². The van der Waals surface area contributed by atoms with Crippen LogP contribution in [0.25, 0.3) is 0 Å². The van der Waals surface area contributed by atoms with Gasteiger partial charge in [0.15, 0.2) is 12.2 Å². The number of esters is 5. The van der Waals surface area contributed by atoms with Crippen molar-refractivity contribution in [2.24, 2.45) is 22.7 Å². The van der Waals surface area contributed by atoms with Crippen LogP contribution in [-0.4, -0.2) is 67.7 Å². The van der Waals surface area contributed by atoms with E-state index in [9.17, 15) is 24.0 Å². The Labute approximate surface area is 246 Å². The Hall–Kier alpha value is -3.21. The highest BCUT2D eigenvalue weighted by molar-refractivity contribution is 5.85. The van der Waals surface area contributed by atoms with E-state index >= 15 is 0 Å². The lowest BCUT2D eigenvalue weighted by Gasteiger charge is -2.57. The minimum atomic E-state index is -1.39. The molecular formula is C31H42O11. The van der Waals surface area contributed by atoms with Crippen molar-refractivity contribution in [1.29, 1.82) is 0 Å². The molecular weight excluding hydrogens is 548 g/mol. The molecule has 0 aromatic carbocycles. The summed E-state index contributed by atoms with van der Waals surface area (Å²) in [5.74, 6) is -2.59. The Morgan fingerprint density at radius 3 is 2.26 bits per heavy atom. The Morgan fingerprint density at radius 2 is 1.64 bits per heavy atom. The van der Waals surface area contributed by atoms with Crippen LogP contribution in [0.5, 0.6) is 0 Å². The minimum absolute atomic E-state index is 0.0568. The van der Waals surface area contributed by atoms with E-state index in [1.165, 1.54) is 20.8 Å². The smallest absolute Gasteiger partial charge is 0.331 e. The number of ether oxygens (including phenoxy) is 6. The van der Waals surface area contributed by atoms with Gasteiger partial charge in [-0.25, -0.2) is 4.79 Å². The fourth-order valence-corrected chi connectivity index (χ4v) is 7.39. The quantitative estimate of drug-likeness (QED) is 0.232. The molecule has 0 N–H and O–H groups in total. The van der Waals surface area contributed by atoms with Crippen molar-refractivity contribution in [1.82, 2.24) is 0 Å². The Balaban J connectivity index is 1.63. The van der Waals surface area contributed by atoms with E-state index in [1.54, 1.807) is 6.08 Å². The molecule has 2 aliphatic heterocycles. The molecule has 4 aliphatic rings. The summed E-state index contributed by atoms with van der Waals surface area (Å²) in [4.78, 5) is 61.8. The van der Waals surface area contributed by atoms with E-state index in [1.807, 2.05) is 6.92 Å². The number of fused-ring (bicyclic) bond motifs is 1. The number of hydrogen-bond donors (Lipinski definition) is 0. The first-order chi connectivity index (χ1) is 19.8. The normalized spacial score (nSPS) is 36.0. The van der Waals surface area contributed by atoms with Crippen molar-refractivity contribution in [2.75, 3.05) is 13.2 Å². The minimum Gasteiger partial charge on any atom is -0.458 e. The van der Waals surface area contributed by atoms with Gasteiger partial charge < -0.3 is 28.4 Å². The first kappa shape index (κ1) is 31.7. The van der Waals surface area contributed by atoms with Crippen molar-refractivity contribution < 1.29 is 52.4 Å². The first-order valence-electron chi connectivity index (χ1n) is 14.7. The van der Waals surface area contributed by atoms with Crippen LogP contribution >= 0.6 is 0 Å². The topological polar surface area (TPSA) is 141 Å². The standard InChI is InChI=1S/C31H42O11/c1-17-10-13-31(18(2)8-7-9-24(31)30(17,6)12-11-22-14-25(35)37-15-22)29(36)42-28-27(41-21(5)34)26(40-20(4)33)23(16-38-28)39-19(3)32/h8,14,17,23-24,26-28H,7,9-13,15-16H2,1-6H3/t17-,23-,24-,26-,27+,28-,30+,31+/m0/s1. The molecule has 0 spiro atoms. The van der Waals surface area contributed by atoms with Gasteiger partial charge in [0.25, 0.3) is 0 Å². The molecule has 4 rings (SSSR count). The third-order valence-electron chi connectivity index (χ3n) is 9.70. The van der Waals surface area contributed by atoms with Crippen molar-refractivity contribution in [2.45, 2.75) is 105 Å². The van der Waals surface area contributed by atoms with Crippen LogP contribution in [0, 0.1) is 22.7 Å². The summed E-state index contributed by atoms with van der Waals surface area (Å²) in [6.45, 7) is 10.0. The van der Waals surface area contributed by atoms with Gasteiger partial charge in [0.2, 0.25) is 12.4 Å². The number of rotatable bonds is 8. The van der Waals surface area contributed by atoms with E-state index in [0.29, 0.717) is 25.4 Å². The maximum atomic E-state index is 14.4. The molecule has 11 nitrogen and oxygen atoms in total. The van der Waals surface area contributed by atoms with Gasteiger partial charge in [-0.2, -0.15) is 0 Å². The lowest BCUT2D eigenvalue weighted by atomic mass is 9.46. The van der Waals surface area contributed by atoms with Crippen molar-refractivity contribution in [3.05, 3.63) is 23.3 Å². The largest absolute Gasteiger partial charge is 0.458 e. The number of carbonyl (C=O) groups excluding carboxylic acids is 5. The summed E-state index contributed by atoms with van der Waals surface area (Å²) in [5, 5.41) is 0. The fraction of sp³-hybridized carbons (Fsp3) is 0.710. The van der Waals surface area contributed by atoms with Gasteiger partial charge in [-0.15, -0.1) is 0 Å². The summed E-state index contributed by atoms with van der Waals surface area (Å²) in [6, 6.07) is 0. The molecule has 2 heterocycles. The second-order valence-electron chi connectivity index (χ2n) is 12.2. The SMILES string of the molecule is CC(=O)O[C@@H]1[C@@H](OC(C)=O)[C@H](OC(=O)[C@@]23CC[C@H](C)[C@@](C)(CCC4=CC(=O)OC4)[C@@H]2CCC=C3C)OC[C@@H]1OC(C)=O. The van der Waals surface area contributed by atoms with Crippen LogP contribution in [0.4, 0.5) is 0 Å². The number of carbonyl (C=O) groups is 5. The zero-order chi connectivity index (χ0) is 30.8. The first-order valence-corrected chi connectivity index (χ1v) is 14.7. The highest BCUT2D eigenvalue weighted by Crippen LogP contribution is 2.62. The molecule has 1 saturated heterocycles. The summed E-state index contributed by atoms with van der Waals surface area (Å²) in [5.41, 5.74) is 0.690. The monoisotopic (exact) mass is 590 g/mol. The molecule has 232 valence electrons. The number of cyclic esters (lactones) is 1. The molecule has 0 amide bonds. The van der Waals surface area contributed by atoms with Crippen LogP contribution < -0.4 is 0 Å². The fourth-order valence-electron chi connectivity index (χ4n) is 7.39. The maximum absolute atomic E-state index is 14.4. The second-order valence-corrected chi connectivity index (χ2v) is 12.2. The Morgan fingerprint density at radius 1 is 0.976 bits per heavy atom. The van der Waals surface area contributed by atoms with Crippen molar-refractivity contribution >= 4 is 29.8 Å². The highest BCUT2D eigenvalue weighted by atomic mass is 16.7. The molecule has 42 heavy (non-hydrogen) atoms. The molecule has 0 radical (unpaired) electrons. The molecule has 0 unspecified atom stereocenters. The predicted molar refractivity (Wildman–Crippen MR) is 146 cm³/mol. The maximum Gasteiger partial charge on any atom is 0.331 e. The molecule has 0 bridgehead atoms. The number of allylic oxidation sites excluding steroid dienone is 1. The molecule has 1 saturated carbocycles. The molecule has 8 atom stereocenters. The van der Waals surface area contributed by atoms with Gasteiger partial charge in [0.1, 0.15) is 6.61 Å². The summed E-state index contributed by atoms with van der Waals surface area (Å²) >= 11 is 0. The lowest BCUT2D eigenvalue weighted by Crippen LogP contribution is -2.60. The molecule has 2 aliphatic carbocycles. The Kier molecular flexibility index (Phi) is 9.49. The van der Waals surface area contributed by atoms with E-state index in [0.717, 1.165) is 36.8 Å². The molecule has 0 aromatic heterocycles. The second kappa shape index (κ2) is 12.6. The number of hydrogen-bond acceptors (Lipinski definition) is 11. The molecule has 11 heteroatoms. The Bertz CT molecular complexity index is 1170. The van der Waals surface area contributed by atoms with Gasteiger partial charge in [0, 0.05) is 26.8 Å². The van der Waals surface area contributed by atoms with Crippen molar-refractivity contribution in [3.8, 4) is 0 Å².